The Kier molecular flexibility index (Phi) is 4.86. The van der Waals surface area contributed by atoms with Gasteiger partial charge < -0.3 is 9.72 Å². The Morgan fingerprint density at radius 1 is 1.30 bits per heavy atom. The largest absolute Gasteiger partial charge is 0.377 e. The highest BCUT2D eigenvalue weighted by Gasteiger charge is 2.44. The minimum Gasteiger partial charge on any atom is -0.377 e. The van der Waals surface area contributed by atoms with Crippen LogP contribution in [0.1, 0.15) is 52.0 Å². The molecule has 0 radical (unpaired) electrons. The summed E-state index contributed by atoms with van der Waals surface area (Å²) in [6, 6.07) is 4.26. The van der Waals surface area contributed by atoms with Gasteiger partial charge in [-0.2, -0.15) is 5.26 Å². The first kappa shape index (κ1) is 19.3. The van der Waals surface area contributed by atoms with E-state index in [1.54, 1.807) is 0 Å². The summed E-state index contributed by atoms with van der Waals surface area (Å²) in [5, 5.41) is 18.2. The van der Waals surface area contributed by atoms with E-state index < -0.39 is 0 Å². The molecule has 2 aliphatic rings. The second-order valence-corrected chi connectivity index (χ2v) is 9.22. The smallest absolute Gasteiger partial charge is 0.328 e. The van der Waals surface area contributed by atoms with E-state index in [1.165, 1.54) is 6.42 Å². The molecule has 3 aromatic heterocycles. The van der Waals surface area contributed by atoms with Crippen molar-refractivity contribution in [1.29, 1.82) is 5.26 Å². The zero-order valence-corrected chi connectivity index (χ0v) is 17.5. The molecule has 5 rings (SSSR count). The lowest BCUT2D eigenvalue weighted by Gasteiger charge is -2.48. The van der Waals surface area contributed by atoms with Gasteiger partial charge in [0.15, 0.2) is 11.3 Å². The van der Waals surface area contributed by atoms with Crippen molar-refractivity contribution in [3.63, 3.8) is 0 Å². The number of hydrogen-bond acceptors (Lipinski definition) is 5. The van der Waals surface area contributed by atoms with Crippen LogP contribution >= 0.6 is 0 Å². The SMILES string of the molecule is CC1CC2CC(C(C)OCCC#N)CC(C2)C1n1c(=O)[nH]c2nnc3[nH]ccc3c21. The zero-order chi connectivity index (χ0) is 20.8. The molecule has 0 amide bonds. The first-order chi connectivity index (χ1) is 14.6. The van der Waals surface area contributed by atoms with Crippen LogP contribution in [-0.2, 0) is 4.74 Å². The summed E-state index contributed by atoms with van der Waals surface area (Å²) in [5.41, 5.74) is 2.03. The first-order valence-corrected chi connectivity index (χ1v) is 11.0. The number of hydrogen-bond donors (Lipinski definition) is 2. The fourth-order valence-corrected chi connectivity index (χ4v) is 6.20. The van der Waals surface area contributed by atoms with Crippen LogP contribution in [-0.4, -0.2) is 37.4 Å². The van der Waals surface area contributed by atoms with Crippen LogP contribution in [0.5, 0.6) is 0 Å². The number of fused-ring (bicyclic) bond motifs is 5. The molecule has 0 aliphatic heterocycles. The maximum atomic E-state index is 13.1. The number of nitriles is 1. The van der Waals surface area contributed by atoms with Crippen LogP contribution in [0.4, 0.5) is 0 Å². The maximum absolute atomic E-state index is 13.1. The molecule has 8 nitrogen and oxygen atoms in total. The first-order valence-electron chi connectivity index (χ1n) is 11.0. The van der Waals surface area contributed by atoms with E-state index in [0.29, 0.717) is 48.0 Å². The van der Waals surface area contributed by atoms with E-state index in [-0.39, 0.29) is 17.8 Å². The predicted molar refractivity (Wildman–Crippen MR) is 113 cm³/mol. The van der Waals surface area contributed by atoms with Gasteiger partial charge in [0.2, 0.25) is 0 Å². The average Bonchev–Trinajstić information content (AvgIpc) is 3.31. The van der Waals surface area contributed by atoms with E-state index in [0.717, 1.165) is 30.2 Å². The third-order valence-electron chi connectivity index (χ3n) is 7.35. The Morgan fingerprint density at radius 3 is 2.97 bits per heavy atom. The monoisotopic (exact) mass is 408 g/mol. The van der Waals surface area contributed by atoms with Gasteiger partial charge >= 0.3 is 5.69 Å². The summed E-state index contributed by atoms with van der Waals surface area (Å²) >= 11 is 0. The minimum atomic E-state index is -0.0938. The van der Waals surface area contributed by atoms with Gasteiger partial charge in [0, 0.05) is 17.6 Å². The lowest BCUT2D eigenvalue weighted by atomic mass is 9.61. The molecule has 3 aromatic rings. The number of nitrogens with zero attached hydrogens (tertiary/aromatic N) is 4. The molecule has 158 valence electrons. The quantitative estimate of drug-likeness (QED) is 0.627. The van der Waals surface area contributed by atoms with Crippen molar-refractivity contribution in [3.05, 3.63) is 22.7 Å². The van der Waals surface area contributed by atoms with Crippen LogP contribution in [0.15, 0.2) is 17.1 Å². The molecular formula is C22H28N6O2. The van der Waals surface area contributed by atoms with Crippen LogP contribution in [0.3, 0.4) is 0 Å². The summed E-state index contributed by atoms with van der Waals surface area (Å²) < 4.78 is 7.93. The summed E-state index contributed by atoms with van der Waals surface area (Å²) in [6.07, 6.45) is 6.92. The second-order valence-electron chi connectivity index (χ2n) is 9.22. The number of aromatic amines is 2. The Bertz CT molecular complexity index is 1150. The van der Waals surface area contributed by atoms with Gasteiger partial charge in [-0.1, -0.05) is 6.92 Å². The normalized spacial score (nSPS) is 29.8. The topological polar surface area (TPSA) is 112 Å². The maximum Gasteiger partial charge on any atom is 0.328 e. The molecule has 2 fully saturated rings. The van der Waals surface area contributed by atoms with Gasteiger partial charge in [-0.15, -0.1) is 10.2 Å². The molecule has 6 atom stereocenters. The predicted octanol–water partition coefficient (Wildman–Crippen LogP) is 3.53. The molecule has 3 heterocycles. The molecule has 8 heteroatoms. The van der Waals surface area contributed by atoms with E-state index >= 15 is 0 Å². The fraction of sp³-hybridized carbons (Fsp3) is 0.636. The van der Waals surface area contributed by atoms with Crippen LogP contribution in [0, 0.1) is 35.0 Å². The van der Waals surface area contributed by atoms with E-state index in [2.05, 4.69) is 40.1 Å². The van der Waals surface area contributed by atoms with Crippen molar-refractivity contribution in [2.75, 3.05) is 6.61 Å². The van der Waals surface area contributed by atoms with Crippen LogP contribution in [0.25, 0.3) is 22.2 Å². The molecule has 6 unspecified atom stereocenters. The summed E-state index contributed by atoms with van der Waals surface area (Å²) in [6.45, 7) is 4.92. The minimum absolute atomic E-state index is 0.0938. The van der Waals surface area contributed by atoms with Crippen molar-refractivity contribution < 1.29 is 4.74 Å². The summed E-state index contributed by atoms with van der Waals surface area (Å²) in [4.78, 5) is 19.1. The van der Waals surface area contributed by atoms with E-state index in [1.807, 2.05) is 16.8 Å². The third kappa shape index (κ3) is 3.12. The van der Waals surface area contributed by atoms with Gasteiger partial charge in [-0.05, 0) is 62.3 Å². The number of rotatable bonds is 5. The number of ether oxygens (including phenoxy) is 1. The molecule has 2 N–H and O–H groups in total. The Morgan fingerprint density at radius 2 is 2.13 bits per heavy atom. The highest BCUT2D eigenvalue weighted by molar-refractivity contribution is 5.99. The molecule has 0 spiro atoms. The number of aromatic nitrogens is 5. The Labute approximate surface area is 174 Å². The molecule has 0 aromatic carbocycles. The Balaban J connectivity index is 1.50. The van der Waals surface area contributed by atoms with Gasteiger partial charge in [-0.3, -0.25) is 9.55 Å². The van der Waals surface area contributed by atoms with Gasteiger partial charge in [0.1, 0.15) is 5.52 Å². The fourth-order valence-electron chi connectivity index (χ4n) is 6.20. The lowest BCUT2D eigenvalue weighted by Crippen LogP contribution is -2.43. The lowest BCUT2D eigenvalue weighted by molar-refractivity contribution is -0.0324. The average molecular weight is 409 g/mol. The van der Waals surface area contributed by atoms with Crippen molar-refractivity contribution in [2.45, 2.75) is 58.1 Å². The van der Waals surface area contributed by atoms with E-state index in [4.69, 9.17) is 10.00 Å². The van der Waals surface area contributed by atoms with Crippen molar-refractivity contribution in [2.24, 2.45) is 23.7 Å². The van der Waals surface area contributed by atoms with Crippen LogP contribution in [0.2, 0.25) is 0 Å². The molecule has 2 aliphatic carbocycles. The van der Waals surface area contributed by atoms with Gasteiger partial charge in [0.25, 0.3) is 0 Å². The summed E-state index contributed by atoms with van der Waals surface area (Å²) in [7, 11) is 0. The molecule has 2 bridgehead atoms. The molecule has 0 saturated heterocycles. The number of imidazole rings is 1. The van der Waals surface area contributed by atoms with Gasteiger partial charge in [0.05, 0.1) is 25.2 Å². The van der Waals surface area contributed by atoms with Gasteiger partial charge in [-0.25, -0.2) is 4.79 Å². The van der Waals surface area contributed by atoms with Crippen LogP contribution < -0.4 is 5.69 Å². The molecule has 2 saturated carbocycles. The standard InChI is InChI=1S/C22H28N6O2/c1-12-8-14-9-15(13(2)30-7-3-5-23)11-16(10-14)18(12)28-19-17-4-6-24-20(17)26-27-21(19)25-22(28)29/h4,6,12-16,18H,3,7-11H2,1-2H3,(H,24,26)(H,25,27,29). The third-order valence-corrected chi connectivity index (χ3v) is 7.35. The molecular weight excluding hydrogens is 380 g/mol. The van der Waals surface area contributed by atoms with Crippen molar-refractivity contribution in [3.8, 4) is 6.07 Å². The number of H-pyrrole nitrogens is 2. The van der Waals surface area contributed by atoms with E-state index in [9.17, 15) is 4.79 Å². The summed E-state index contributed by atoms with van der Waals surface area (Å²) in [5.74, 6) is 1.99. The Hall–Kier alpha value is -2.66. The highest BCUT2D eigenvalue weighted by atomic mass is 16.5. The number of nitrogens with one attached hydrogen (secondary N) is 2. The van der Waals surface area contributed by atoms with Crippen molar-refractivity contribution >= 4 is 22.2 Å². The zero-order valence-electron chi connectivity index (χ0n) is 17.5. The second kappa shape index (κ2) is 7.55. The molecule has 30 heavy (non-hydrogen) atoms. The highest BCUT2D eigenvalue weighted by Crippen LogP contribution is 2.51. The van der Waals surface area contributed by atoms with Crippen molar-refractivity contribution in [1.82, 2.24) is 24.7 Å².